The summed E-state index contributed by atoms with van der Waals surface area (Å²) in [7, 11) is 0. The Balaban J connectivity index is 2.43. The van der Waals surface area contributed by atoms with Gasteiger partial charge in [0.25, 0.3) is 0 Å². The van der Waals surface area contributed by atoms with Gasteiger partial charge >= 0.3 is 6.03 Å². The molecule has 100 valence electrons. The van der Waals surface area contributed by atoms with Gasteiger partial charge in [-0.1, -0.05) is 6.92 Å². The molecule has 1 fully saturated rings. The first kappa shape index (κ1) is 14.3. The van der Waals surface area contributed by atoms with Crippen molar-refractivity contribution in [1.82, 2.24) is 15.5 Å². The van der Waals surface area contributed by atoms with E-state index in [0.29, 0.717) is 5.92 Å². The van der Waals surface area contributed by atoms with Gasteiger partial charge < -0.3 is 15.5 Å². The molecular weight excluding hydrogens is 214 g/mol. The molecule has 0 unspecified atom stereocenters. The van der Waals surface area contributed by atoms with E-state index in [0.717, 1.165) is 32.6 Å². The van der Waals surface area contributed by atoms with Crippen molar-refractivity contribution in [2.24, 2.45) is 5.92 Å². The Kier molecular flexibility index (Phi) is 6.34. The molecule has 0 aromatic carbocycles. The van der Waals surface area contributed by atoms with E-state index in [1.807, 2.05) is 18.7 Å². The number of urea groups is 1. The zero-order chi connectivity index (χ0) is 12.7. The van der Waals surface area contributed by atoms with Crippen molar-refractivity contribution in [3.8, 4) is 0 Å². The van der Waals surface area contributed by atoms with Crippen molar-refractivity contribution in [2.45, 2.75) is 46.1 Å². The highest BCUT2D eigenvalue weighted by molar-refractivity contribution is 5.74. The predicted molar refractivity (Wildman–Crippen MR) is 71.1 cm³/mol. The van der Waals surface area contributed by atoms with Crippen molar-refractivity contribution in [2.75, 3.05) is 26.2 Å². The summed E-state index contributed by atoms with van der Waals surface area (Å²) < 4.78 is 0. The first-order chi connectivity index (χ1) is 8.13. The van der Waals surface area contributed by atoms with Gasteiger partial charge in [0, 0.05) is 19.1 Å². The van der Waals surface area contributed by atoms with Crippen LogP contribution in [0.5, 0.6) is 0 Å². The van der Waals surface area contributed by atoms with Crippen LogP contribution >= 0.6 is 0 Å². The Morgan fingerprint density at radius 2 is 2.06 bits per heavy atom. The summed E-state index contributed by atoms with van der Waals surface area (Å²) in [4.78, 5) is 14.0. The van der Waals surface area contributed by atoms with Crippen LogP contribution in [-0.4, -0.2) is 43.2 Å². The molecule has 0 bridgehead atoms. The fourth-order valence-corrected chi connectivity index (χ4v) is 2.26. The van der Waals surface area contributed by atoms with Crippen LogP contribution in [0.4, 0.5) is 4.79 Å². The lowest BCUT2D eigenvalue weighted by molar-refractivity contribution is 0.177. The zero-order valence-corrected chi connectivity index (χ0v) is 11.5. The molecule has 4 nitrogen and oxygen atoms in total. The molecule has 1 aliphatic rings. The van der Waals surface area contributed by atoms with Crippen LogP contribution in [0.15, 0.2) is 0 Å². The number of rotatable bonds is 5. The van der Waals surface area contributed by atoms with E-state index in [2.05, 4.69) is 17.6 Å². The van der Waals surface area contributed by atoms with Crippen molar-refractivity contribution in [3.63, 3.8) is 0 Å². The molecule has 0 radical (unpaired) electrons. The number of amides is 2. The summed E-state index contributed by atoms with van der Waals surface area (Å²) in [6.07, 6.45) is 3.40. The van der Waals surface area contributed by atoms with Gasteiger partial charge in [0.1, 0.15) is 0 Å². The van der Waals surface area contributed by atoms with Gasteiger partial charge in [0.05, 0.1) is 0 Å². The lowest BCUT2D eigenvalue weighted by Crippen LogP contribution is -2.46. The maximum atomic E-state index is 12.0. The third-order valence-corrected chi connectivity index (χ3v) is 3.13. The molecule has 0 saturated carbocycles. The SMILES string of the molecule is CCCN(CC1CCNCC1)C(=O)NC(C)C. The van der Waals surface area contributed by atoms with Gasteiger partial charge in [-0.05, 0) is 52.1 Å². The van der Waals surface area contributed by atoms with Crippen LogP contribution in [0.25, 0.3) is 0 Å². The second-order valence-electron chi connectivity index (χ2n) is 5.24. The van der Waals surface area contributed by atoms with Crippen LogP contribution in [0.3, 0.4) is 0 Å². The minimum absolute atomic E-state index is 0.0976. The van der Waals surface area contributed by atoms with Gasteiger partial charge in [-0.15, -0.1) is 0 Å². The van der Waals surface area contributed by atoms with Crippen molar-refractivity contribution < 1.29 is 4.79 Å². The highest BCUT2D eigenvalue weighted by Gasteiger charge is 2.20. The Labute approximate surface area is 105 Å². The summed E-state index contributed by atoms with van der Waals surface area (Å²) >= 11 is 0. The third kappa shape index (κ3) is 5.39. The van der Waals surface area contributed by atoms with Crippen molar-refractivity contribution in [3.05, 3.63) is 0 Å². The molecule has 1 heterocycles. The van der Waals surface area contributed by atoms with Gasteiger partial charge in [0.15, 0.2) is 0 Å². The number of nitrogens with one attached hydrogen (secondary N) is 2. The fraction of sp³-hybridized carbons (Fsp3) is 0.923. The average Bonchev–Trinajstić information content (AvgIpc) is 2.29. The minimum Gasteiger partial charge on any atom is -0.336 e. The summed E-state index contributed by atoms with van der Waals surface area (Å²) in [5, 5.41) is 6.35. The molecule has 0 aliphatic carbocycles. The number of nitrogens with zero attached hydrogens (tertiary/aromatic N) is 1. The molecule has 2 amide bonds. The molecule has 0 aromatic rings. The largest absolute Gasteiger partial charge is 0.336 e. The Bertz CT molecular complexity index is 225. The first-order valence-corrected chi connectivity index (χ1v) is 6.89. The van der Waals surface area contributed by atoms with Crippen molar-refractivity contribution >= 4 is 6.03 Å². The van der Waals surface area contributed by atoms with Crippen molar-refractivity contribution in [1.29, 1.82) is 0 Å². The van der Waals surface area contributed by atoms with Crippen LogP contribution in [0, 0.1) is 5.92 Å². The monoisotopic (exact) mass is 241 g/mol. The van der Waals surface area contributed by atoms with E-state index in [9.17, 15) is 4.79 Å². The van der Waals surface area contributed by atoms with Crippen LogP contribution in [-0.2, 0) is 0 Å². The Morgan fingerprint density at radius 1 is 1.41 bits per heavy atom. The average molecular weight is 241 g/mol. The van der Waals surface area contributed by atoms with E-state index in [4.69, 9.17) is 0 Å². The molecule has 2 N–H and O–H groups in total. The first-order valence-electron chi connectivity index (χ1n) is 6.89. The highest BCUT2D eigenvalue weighted by atomic mass is 16.2. The molecule has 0 spiro atoms. The lowest BCUT2D eigenvalue weighted by Gasteiger charge is -2.30. The zero-order valence-electron chi connectivity index (χ0n) is 11.5. The summed E-state index contributed by atoms with van der Waals surface area (Å²) in [5.41, 5.74) is 0. The second kappa shape index (κ2) is 7.54. The second-order valence-corrected chi connectivity index (χ2v) is 5.24. The Morgan fingerprint density at radius 3 is 2.59 bits per heavy atom. The number of carbonyl (C=O) groups is 1. The van der Waals surface area contributed by atoms with E-state index in [1.165, 1.54) is 12.8 Å². The molecule has 1 aliphatic heterocycles. The maximum absolute atomic E-state index is 12.0. The molecule has 0 atom stereocenters. The highest BCUT2D eigenvalue weighted by Crippen LogP contribution is 2.13. The Hall–Kier alpha value is -0.770. The third-order valence-electron chi connectivity index (χ3n) is 3.13. The fourth-order valence-electron chi connectivity index (χ4n) is 2.26. The summed E-state index contributed by atoms with van der Waals surface area (Å²) in [5.74, 6) is 0.667. The molecular formula is C13H27N3O. The van der Waals surface area contributed by atoms with E-state index >= 15 is 0 Å². The molecule has 0 aromatic heterocycles. The number of hydrogen-bond donors (Lipinski definition) is 2. The summed E-state index contributed by atoms with van der Waals surface area (Å²) in [6.45, 7) is 10.1. The molecule has 4 heteroatoms. The maximum Gasteiger partial charge on any atom is 0.317 e. The van der Waals surface area contributed by atoms with E-state index in [1.54, 1.807) is 0 Å². The predicted octanol–water partition coefficient (Wildman–Crippen LogP) is 1.82. The number of carbonyl (C=O) groups excluding carboxylic acids is 1. The minimum atomic E-state index is 0.0976. The quantitative estimate of drug-likeness (QED) is 0.771. The number of hydrogen-bond acceptors (Lipinski definition) is 2. The number of piperidine rings is 1. The van der Waals surface area contributed by atoms with Gasteiger partial charge in [-0.25, -0.2) is 4.79 Å². The van der Waals surface area contributed by atoms with Crippen LogP contribution in [0.1, 0.15) is 40.0 Å². The molecule has 1 saturated heterocycles. The molecule has 1 rings (SSSR count). The standard InChI is InChI=1S/C13H27N3O/c1-4-9-16(13(17)15-11(2)3)10-12-5-7-14-8-6-12/h11-12,14H,4-10H2,1-3H3,(H,15,17). The van der Waals surface area contributed by atoms with Crippen LogP contribution < -0.4 is 10.6 Å². The van der Waals surface area contributed by atoms with Crippen LogP contribution in [0.2, 0.25) is 0 Å². The smallest absolute Gasteiger partial charge is 0.317 e. The van der Waals surface area contributed by atoms with Gasteiger partial charge in [-0.3, -0.25) is 0 Å². The lowest BCUT2D eigenvalue weighted by atomic mass is 9.97. The molecule has 17 heavy (non-hydrogen) atoms. The van der Waals surface area contributed by atoms with E-state index < -0.39 is 0 Å². The summed E-state index contributed by atoms with van der Waals surface area (Å²) in [6, 6.07) is 0.315. The van der Waals surface area contributed by atoms with Gasteiger partial charge in [0.2, 0.25) is 0 Å². The van der Waals surface area contributed by atoms with Gasteiger partial charge in [-0.2, -0.15) is 0 Å². The van der Waals surface area contributed by atoms with E-state index in [-0.39, 0.29) is 12.1 Å². The normalized spacial score (nSPS) is 17.2. The topological polar surface area (TPSA) is 44.4 Å².